The van der Waals surface area contributed by atoms with E-state index in [9.17, 15) is 9.59 Å². The first-order chi connectivity index (χ1) is 12.0. The van der Waals surface area contributed by atoms with Crippen molar-refractivity contribution >= 4 is 28.8 Å². The molecule has 0 fully saturated rings. The fraction of sp³-hybridized carbons (Fsp3) is 0.333. The number of amides is 2. The fourth-order valence-electron chi connectivity index (χ4n) is 2.00. The maximum atomic E-state index is 12.0. The molecule has 0 unspecified atom stereocenters. The lowest BCUT2D eigenvalue weighted by atomic mass is 10.2. The molecule has 25 heavy (non-hydrogen) atoms. The van der Waals surface area contributed by atoms with Crippen molar-refractivity contribution in [3.63, 3.8) is 0 Å². The summed E-state index contributed by atoms with van der Waals surface area (Å²) < 4.78 is 5.61. The number of carbonyl (C=O) groups is 2. The number of hydrogen-bond donors (Lipinski definition) is 2. The van der Waals surface area contributed by atoms with Crippen LogP contribution in [0.15, 0.2) is 35.7 Å². The Morgan fingerprint density at radius 2 is 2.04 bits per heavy atom. The highest BCUT2D eigenvalue weighted by molar-refractivity contribution is 7.09. The maximum Gasteiger partial charge on any atom is 0.259 e. The van der Waals surface area contributed by atoms with E-state index in [0.29, 0.717) is 18.0 Å². The molecule has 0 aliphatic heterocycles. The quantitative estimate of drug-likeness (QED) is 0.757. The van der Waals surface area contributed by atoms with Crippen LogP contribution >= 0.6 is 11.3 Å². The predicted octanol–water partition coefficient (Wildman–Crippen LogP) is 2.25. The zero-order valence-corrected chi connectivity index (χ0v) is 15.5. The second-order valence-electron chi connectivity index (χ2n) is 5.79. The number of aryl methyl sites for hydroxylation is 1. The lowest BCUT2D eigenvalue weighted by molar-refractivity contribution is -0.130. The Morgan fingerprint density at radius 1 is 1.24 bits per heavy atom. The zero-order chi connectivity index (χ0) is 18.2. The molecule has 0 saturated carbocycles. The molecule has 7 heteroatoms. The number of likely N-dealkylation sites (N-methyl/N-ethyl adjacent to an activating group) is 1. The summed E-state index contributed by atoms with van der Waals surface area (Å²) in [5.41, 5.74) is 1.70. The second-order valence-corrected chi connectivity index (χ2v) is 6.82. The van der Waals surface area contributed by atoms with E-state index < -0.39 is 0 Å². The number of carbonyl (C=O) groups excluding carboxylic acids is 2. The molecule has 0 aliphatic rings. The number of ether oxygens (including phenoxy) is 1. The monoisotopic (exact) mass is 361 g/mol. The van der Waals surface area contributed by atoms with Gasteiger partial charge in [0.1, 0.15) is 5.75 Å². The number of thiophene rings is 1. The van der Waals surface area contributed by atoms with E-state index in [2.05, 4.69) is 10.6 Å². The molecule has 1 aromatic heterocycles. The highest BCUT2D eigenvalue weighted by Gasteiger charge is 2.10. The molecule has 0 radical (unpaired) electrons. The number of nitrogens with one attached hydrogen (secondary N) is 2. The Hall–Kier alpha value is -2.54. The normalized spacial score (nSPS) is 10.2. The first-order valence-electron chi connectivity index (χ1n) is 7.92. The summed E-state index contributed by atoms with van der Waals surface area (Å²) in [6, 6.07) is 9.54. The highest BCUT2D eigenvalue weighted by atomic mass is 32.1. The van der Waals surface area contributed by atoms with Gasteiger partial charge in [-0.05, 0) is 36.1 Å². The minimum Gasteiger partial charge on any atom is -0.482 e. The topological polar surface area (TPSA) is 70.7 Å². The van der Waals surface area contributed by atoms with Crippen LogP contribution in [0.3, 0.4) is 0 Å². The van der Waals surface area contributed by atoms with Crippen LogP contribution in [0.5, 0.6) is 5.75 Å². The third kappa shape index (κ3) is 6.11. The molecule has 6 nitrogen and oxygen atoms in total. The molecule has 0 atom stereocenters. The summed E-state index contributed by atoms with van der Waals surface area (Å²) in [7, 11) is 3.36. The van der Waals surface area contributed by atoms with Crippen LogP contribution in [0.1, 0.15) is 10.4 Å². The first kappa shape index (κ1) is 18.8. The number of hydrogen-bond acceptors (Lipinski definition) is 5. The van der Waals surface area contributed by atoms with Crippen molar-refractivity contribution in [2.45, 2.75) is 13.5 Å². The van der Waals surface area contributed by atoms with Gasteiger partial charge in [0.05, 0.1) is 18.8 Å². The summed E-state index contributed by atoms with van der Waals surface area (Å²) in [5.74, 6) is 0.326. The van der Waals surface area contributed by atoms with E-state index in [1.54, 1.807) is 25.4 Å². The van der Waals surface area contributed by atoms with Gasteiger partial charge in [-0.25, -0.2) is 0 Å². The lowest BCUT2D eigenvalue weighted by Gasteiger charge is -2.15. The van der Waals surface area contributed by atoms with Gasteiger partial charge in [0, 0.05) is 19.0 Å². The van der Waals surface area contributed by atoms with Gasteiger partial charge < -0.3 is 20.3 Å². The van der Waals surface area contributed by atoms with Crippen molar-refractivity contribution in [3.8, 4) is 5.75 Å². The Bertz CT molecular complexity index is 714. The molecule has 0 aliphatic carbocycles. The van der Waals surface area contributed by atoms with E-state index in [-0.39, 0.29) is 25.0 Å². The van der Waals surface area contributed by atoms with Gasteiger partial charge in [-0.15, -0.1) is 11.3 Å². The summed E-state index contributed by atoms with van der Waals surface area (Å²) in [5, 5.41) is 7.90. The SMILES string of the molecule is Cc1ccc(NCC(=O)NCc2cccs2)c(OCC(=O)N(C)C)c1. The Balaban J connectivity index is 1.89. The molecule has 2 rings (SSSR count). The Labute approximate surface area is 151 Å². The van der Waals surface area contributed by atoms with E-state index in [1.807, 2.05) is 42.6 Å². The van der Waals surface area contributed by atoms with Crippen LogP contribution in [0.4, 0.5) is 5.69 Å². The van der Waals surface area contributed by atoms with Crippen molar-refractivity contribution in [2.75, 3.05) is 32.6 Å². The summed E-state index contributed by atoms with van der Waals surface area (Å²) in [6.07, 6.45) is 0. The molecule has 0 saturated heterocycles. The fourth-order valence-corrected chi connectivity index (χ4v) is 2.65. The molecular weight excluding hydrogens is 338 g/mol. The highest BCUT2D eigenvalue weighted by Crippen LogP contribution is 2.25. The molecular formula is C18H23N3O3S. The smallest absolute Gasteiger partial charge is 0.259 e. The molecule has 1 heterocycles. The zero-order valence-electron chi connectivity index (χ0n) is 14.7. The van der Waals surface area contributed by atoms with Gasteiger partial charge in [0.15, 0.2) is 6.61 Å². The summed E-state index contributed by atoms with van der Waals surface area (Å²) in [6.45, 7) is 2.55. The number of benzene rings is 1. The minimum atomic E-state index is -0.124. The van der Waals surface area contributed by atoms with E-state index >= 15 is 0 Å². The van der Waals surface area contributed by atoms with Crippen LogP contribution < -0.4 is 15.4 Å². The number of nitrogens with zero attached hydrogens (tertiary/aromatic N) is 1. The van der Waals surface area contributed by atoms with Gasteiger partial charge in [0.2, 0.25) is 5.91 Å². The Morgan fingerprint density at radius 3 is 2.72 bits per heavy atom. The lowest BCUT2D eigenvalue weighted by Crippen LogP contribution is -2.29. The van der Waals surface area contributed by atoms with Crippen molar-refractivity contribution in [2.24, 2.45) is 0 Å². The third-order valence-corrected chi connectivity index (χ3v) is 4.34. The van der Waals surface area contributed by atoms with Crippen LogP contribution in [0.25, 0.3) is 0 Å². The number of rotatable bonds is 8. The van der Waals surface area contributed by atoms with E-state index in [1.165, 1.54) is 4.90 Å². The molecule has 2 N–H and O–H groups in total. The van der Waals surface area contributed by atoms with Crippen molar-refractivity contribution < 1.29 is 14.3 Å². The van der Waals surface area contributed by atoms with Crippen LogP contribution in [-0.4, -0.2) is 44.0 Å². The molecule has 2 amide bonds. The first-order valence-corrected chi connectivity index (χ1v) is 8.80. The van der Waals surface area contributed by atoms with Gasteiger partial charge in [-0.2, -0.15) is 0 Å². The second kappa shape index (κ2) is 9.08. The van der Waals surface area contributed by atoms with Gasteiger partial charge >= 0.3 is 0 Å². The number of anilines is 1. The average molecular weight is 361 g/mol. The van der Waals surface area contributed by atoms with Crippen LogP contribution in [-0.2, 0) is 16.1 Å². The van der Waals surface area contributed by atoms with E-state index in [0.717, 1.165) is 10.4 Å². The molecule has 134 valence electrons. The van der Waals surface area contributed by atoms with Crippen LogP contribution in [0, 0.1) is 6.92 Å². The molecule has 0 spiro atoms. The molecule has 2 aromatic rings. The summed E-state index contributed by atoms with van der Waals surface area (Å²) >= 11 is 1.60. The maximum absolute atomic E-state index is 12.0. The summed E-state index contributed by atoms with van der Waals surface area (Å²) in [4.78, 5) is 26.2. The van der Waals surface area contributed by atoms with Gasteiger partial charge in [-0.3, -0.25) is 9.59 Å². The largest absolute Gasteiger partial charge is 0.482 e. The Kier molecular flexibility index (Phi) is 6.82. The minimum absolute atomic E-state index is 0.0459. The predicted molar refractivity (Wildman–Crippen MR) is 100 cm³/mol. The van der Waals surface area contributed by atoms with Crippen molar-refractivity contribution in [3.05, 3.63) is 46.2 Å². The van der Waals surface area contributed by atoms with Gasteiger partial charge in [0.25, 0.3) is 5.91 Å². The average Bonchev–Trinajstić information content (AvgIpc) is 3.10. The van der Waals surface area contributed by atoms with Crippen molar-refractivity contribution in [1.82, 2.24) is 10.2 Å². The molecule has 0 bridgehead atoms. The molecule has 1 aromatic carbocycles. The third-order valence-electron chi connectivity index (χ3n) is 3.47. The van der Waals surface area contributed by atoms with E-state index in [4.69, 9.17) is 4.74 Å². The standard InChI is InChI=1S/C18H23N3O3S/c1-13-6-7-15(16(9-13)24-12-18(23)21(2)3)19-11-17(22)20-10-14-5-4-8-25-14/h4-9,19H,10-12H2,1-3H3,(H,20,22). The van der Waals surface area contributed by atoms with Crippen molar-refractivity contribution in [1.29, 1.82) is 0 Å². The van der Waals surface area contributed by atoms with Gasteiger partial charge in [-0.1, -0.05) is 12.1 Å². The van der Waals surface area contributed by atoms with Crippen LogP contribution in [0.2, 0.25) is 0 Å².